The van der Waals surface area contributed by atoms with E-state index in [9.17, 15) is 30.7 Å². The summed E-state index contributed by atoms with van der Waals surface area (Å²) in [5, 5.41) is 3.03. The van der Waals surface area contributed by atoms with E-state index in [1.54, 1.807) is 36.7 Å². The summed E-state index contributed by atoms with van der Waals surface area (Å²) in [6.07, 6.45) is -2.62. The molecule has 0 aliphatic heterocycles. The van der Waals surface area contributed by atoms with Gasteiger partial charge in [-0.25, -0.2) is 0 Å². The van der Waals surface area contributed by atoms with E-state index in [1.165, 1.54) is 6.92 Å². The summed E-state index contributed by atoms with van der Waals surface area (Å²) in [5.74, 6) is -9.05. The lowest BCUT2D eigenvalue weighted by atomic mass is 9.89. The van der Waals surface area contributed by atoms with Gasteiger partial charge >= 0.3 is 18.0 Å². The van der Waals surface area contributed by atoms with Gasteiger partial charge in [-0.15, -0.1) is 0 Å². The lowest BCUT2D eigenvalue weighted by Crippen LogP contribution is -2.51. The van der Waals surface area contributed by atoms with Crippen LogP contribution in [0.5, 0.6) is 0 Å². The highest BCUT2D eigenvalue weighted by Gasteiger charge is 2.72. The van der Waals surface area contributed by atoms with E-state index in [1.807, 2.05) is 60.5 Å². The molecular formula is C32H20F7N. The van der Waals surface area contributed by atoms with Gasteiger partial charge in [0.15, 0.2) is 0 Å². The first-order chi connectivity index (χ1) is 18.9. The second kappa shape index (κ2) is 9.98. The second-order valence-corrected chi connectivity index (χ2v) is 9.44. The summed E-state index contributed by atoms with van der Waals surface area (Å²) in [4.78, 5) is 4.10. The molecule has 40 heavy (non-hydrogen) atoms. The van der Waals surface area contributed by atoms with Crippen LogP contribution >= 0.6 is 0 Å². The van der Waals surface area contributed by atoms with Crippen molar-refractivity contribution in [2.45, 2.75) is 31.4 Å². The molecule has 1 nitrogen and oxygen atoms in total. The third-order valence-electron chi connectivity index (χ3n) is 6.77. The van der Waals surface area contributed by atoms with Gasteiger partial charge in [0.2, 0.25) is 0 Å². The molecule has 0 aliphatic rings. The van der Waals surface area contributed by atoms with Crippen LogP contribution < -0.4 is 0 Å². The Kier molecular flexibility index (Phi) is 6.79. The highest BCUT2D eigenvalue weighted by molar-refractivity contribution is 5.98. The number of benzene rings is 4. The van der Waals surface area contributed by atoms with Crippen LogP contribution in [-0.4, -0.2) is 23.0 Å². The number of aryl methyl sites for hydroxylation is 1. The van der Waals surface area contributed by atoms with E-state index >= 15 is 0 Å². The molecule has 0 saturated heterocycles. The predicted molar refractivity (Wildman–Crippen MR) is 141 cm³/mol. The molecule has 1 heterocycles. The van der Waals surface area contributed by atoms with Gasteiger partial charge in [-0.1, -0.05) is 66.6 Å². The van der Waals surface area contributed by atoms with Crippen molar-refractivity contribution in [3.63, 3.8) is 0 Å². The largest absolute Gasteiger partial charge is 0.461 e. The van der Waals surface area contributed by atoms with Crippen molar-refractivity contribution in [3.05, 3.63) is 114 Å². The third-order valence-corrected chi connectivity index (χ3v) is 6.77. The van der Waals surface area contributed by atoms with E-state index in [2.05, 4.69) is 4.98 Å². The SMILES string of the molecule is Cc1ccc2ccc(Cc3ccc4ccccc4c3-c3ccncc3)cc2c1C#CC(F)(F)C(F)(F)C(F)(F)F. The number of hydrogen-bond acceptors (Lipinski definition) is 1. The molecule has 0 aliphatic carbocycles. The molecular weight excluding hydrogens is 531 g/mol. The van der Waals surface area contributed by atoms with E-state index < -0.39 is 18.0 Å². The Balaban J connectivity index is 1.61. The van der Waals surface area contributed by atoms with Crippen molar-refractivity contribution in [1.82, 2.24) is 4.98 Å². The molecule has 0 bridgehead atoms. The third kappa shape index (κ3) is 4.88. The fraction of sp³-hybridized carbons (Fsp3) is 0.156. The van der Waals surface area contributed by atoms with Gasteiger partial charge in [0.1, 0.15) is 0 Å². The first-order valence-electron chi connectivity index (χ1n) is 12.2. The molecule has 0 N–H and O–H groups in total. The van der Waals surface area contributed by atoms with Gasteiger partial charge in [0.25, 0.3) is 0 Å². The van der Waals surface area contributed by atoms with Gasteiger partial charge in [-0.2, -0.15) is 30.7 Å². The van der Waals surface area contributed by atoms with Crippen LogP contribution in [0.15, 0.2) is 91.3 Å². The van der Waals surface area contributed by atoms with Crippen LogP contribution in [0, 0.1) is 18.8 Å². The molecule has 0 atom stereocenters. The fourth-order valence-corrected chi connectivity index (χ4v) is 4.69. The van der Waals surface area contributed by atoms with Crippen LogP contribution in [0.25, 0.3) is 32.7 Å². The maximum atomic E-state index is 14.0. The molecule has 0 radical (unpaired) electrons. The Morgan fingerprint density at radius 3 is 2.10 bits per heavy atom. The lowest BCUT2D eigenvalue weighted by Gasteiger charge is -2.24. The Hall–Kier alpha value is -4.38. The smallest absolute Gasteiger partial charge is 0.265 e. The molecule has 4 aromatic carbocycles. The van der Waals surface area contributed by atoms with E-state index in [4.69, 9.17) is 0 Å². The molecule has 0 saturated carbocycles. The van der Waals surface area contributed by atoms with Gasteiger partial charge in [0.05, 0.1) is 0 Å². The second-order valence-electron chi connectivity index (χ2n) is 9.44. The standard InChI is InChI=1S/C32H20F7N/c1-20-6-8-23-9-7-21(19-28(23)26(20)12-15-30(33,34)31(35,36)32(37,38)39)18-25-11-10-22-4-2-3-5-27(22)29(25)24-13-16-40-17-14-24/h2-11,13-14,16-17,19H,18H2,1H3. The van der Waals surface area contributed by atoms with Gasteiger partial charge in [0, 0.05) is 18.0 Å². The zero-order chi connectivity index (χ0) is 28.7. The minimum atomic E-state index is -6.45. The molecule has 5 aromatic rings. The van der Waals surface area contributed by atoms with Crippen LogP contribution in [-0.2, 0) is 6.42 Å². The Labute approximate surface area is 225 Å². The van der Waals surface area contributed by atoms with Gasteiger partial charge < -0.3 is 0 Å². The van der Waals surface area contributed by atoms with Crippen LogP contribution in [0.4, 0.5) is 30.7 Å². The highest BCUT2D eigenvalue weighted by atomic mass is 19.4. The summed E-state index contributed by atoms with van der Waals surface area (Å²) >= 11 is 0. The Morgan fingerprint density at radius 2 is 1.38 bits per heavy atom. The Morgan fingerprint density at radius 1 is 0.725 bits per heavy atom. The number of rotatable bonds is 4. The number of aromatic nitrogens is 1. The maximum absolute atomic E-state index is 14.0. The number of fused-ring (bicyclic) bond motifs is 2. The number of halogens is 7. The molecule has 8 heteroatoms. The molecule has 1 aromatic heterocycles. The predicted octanol–water partition coefficient (Wildman–Crippen LogP) is 9.14. The molecule has 0 spiro atoms. The average Bonchev–Trinajstić information content (AvgIpc) is 2.92. The van der Waals surface area contributed by atoms with Crippen LogP contribution in [0.2, 0.25) is 0 Å². The highest BCUT2D eigenvalue weighted by Crippen LogP contribution is 2.46. The van der Waals surface area contributed by atoms with E-state index in [0.717, 1.165) is 38.9 Å². The first kappa shape index (κ1) is 27.2. The van der Waals surface area contributed by atoms with Crippen molar-refractivity contribution in [3.8, 4) is 23.0 Å². The first-order valence-corrected chi connectivity index (χ1v) is 12.2. The number of alkyl halides is 7. The van der Waals surface area contributed by atoms with Crippen LogP contribution in [0.1, 0.15) is 22.3 Å². The number of hydrogen-bond donors (Lipinski definition) is 0. The zero-order valence-corrected chi connectivity index (χ0v) is 21.0. The minimum Gasteiger partial charge on any atom is -0.265 e. The van der Waals surface area contributed by atoms with E-state index in [0.29, 0.717) is 22.8 Å². The van der Waals surface area contributed by atoms with Crippen molar-refractivity contribution >= 4 is 21.5 Å². The molecule has 0 fully saturated rings. The molecule has 5 rings (SSSR count). The van der Waals surface area contributed by atoms with Gasteiger partial charge in [-0.3, -0.25) is 4.98 Å². The quantitative estimate of drug-likeness (QED) is 0.160. The van der Waals surface area contributed by atoms with Crippen molar-refractivity contribution in [2.24, 2.45) is 0 Å². The summed E-state index contributed by atoms with van der Waals surface area (Å²) in [6, 6.07) is 24.3. The van der Waals surface area contributed by atoms with Crippen molar-refractivity contribution < 1.29 is 30.7 Å². The lowest BCUT2D eigenvalue weighted by molar-refractivity contribution is -0.339. The summed E-state index contributed by atoms with van der Waals surface area (Å²) < 4.78 is 92.6. The van der Waals surface area contributed by atoms with Crippen molar-refractivity contribution in [1.29, 1.82) is 0 Å². The maximum Gasteiger partial charge on any atom is 0.461 e. The minimum absolute atomic E-state index is 0.0372. The molecule has 0 amide bonds. The van der Waals surface area contributed by atoms with Crippen LogP contribution in [0.3, 0.4) is 0 Å². The number of pyridine rings is 1. The summed E-state index contributed by atoms with van der Waals surface area (Å²) in [7, 11) is 0. The van der Waals surface area contributed by atoms with Crippen molar-refractivity contribution in [2.75, 3.05) is 0 Å². The monoisotopic (exact) mass is 551 g/mol. The normalized spacial score (nSPS) is 12.4. The summed E-state index contributed by atoms with van der Waals surface area (Å²) in [5.41, 5.74) is 4.04. The number of nitrogens with zero attached hydrogens (tertiary/aromatic N) is 1. The van der Waals surface area contributed by atoms with E-state index in [-0.39, 0.29) is 5.56 Å². The molecule has 202 valence electrons. The summed E-state index contributed by atoms with van der Waals surface area (Å²) in [6.45, 7) is 1.53. The average molecular weight is 552 g/mol. The van der Waals surface area contributed by atoms with Gasteiger partial charge in [-0.05, 0) is 86.8 Å². The molecule has 0 unspecified atom stereocenters. The zero-order valence-electron chi connectivity index (χ0n) is 21.0. The topological polar surface area (TPSA) is 12.9 Å². The Bertz CT molecular complexity index is 1780. The fourth-order valence-electron chi connectivity index (χ4n) is 4.69.